The second-order valence-corrected chi connectivity index (χ2v) is 5.72. The Morgan fingerprint density at radius 3 is 2.47 bits per heavy atom. The van der Waals surface area contributed by atoms with E-state index in [-0.39, 0.29) is 5.91 Å². The molecule has 1 fully saturated rings. The Kier molecular flexibility index (Phi) is 4.17. The minimum atomic E-state index is -0.878. The Hall–Kier alpha value is -1.06. The quantitative estimate of drug-likeness (QED) is 0.823. The Morgan fingerprint density at radius 2 is 2.00 bits per heavy atom. The maximum Gasteiger partial charge on any atom is 0.326 e. The molecule has 1 aliphatic heterocycles. The number of piperidine rings is 1. The molecule has 0 spiro atoms. The Labute approximate surface area is 103 Å². The average Bonchev–Trinajstić information content (AvgIpc) is 2.28. The molecule has 0 aromatic carbocycles. The van der Waals surface area contributed by atoms with Gasteiger partial charge in [0.05, 0.1) is 0 Å². The fourth-order valence-corrected chi connectivity index (χ4v) is 2.16. The lowest BCUT2D eigenvalue weighted by molar-refractivity contribution is -0.157. The molecule has 98 valence electrons. The van der Waals surface area contributed by atoms with Crippen LogP contribution in [0, 0.1) is 11.3 Å². The lowest BCUT2D eigenvalue weighted by Gasteiger charge is -2.40. The van der Waals surface area contributed by atoms with Gasteiger partial charge in [0.2, 0.25) is 5.91 Å². The van der Waals surface area contributed by atoms with Gasteiger partial charge in [-0.25, -0.2) is 4.79 Å². The largest absolute Gasteiger partial charge is 0.480 e. The molecule has 0 radical (unpaired) electrons. The Balaban J connectivity index is 2.87. The molecule has 0 aromatic rings. The predicted octanol–water partition coefficient (Wildman–Crippen LogP) is 2.13. The molecule has 2 atom stereocenters. The van der Waals surface area contributed by atoms with Crippen molar-refractivity contribution in [1.82, 2.24) is 4.90 Å². The van der Waals surface area contributed by atoms with Crippen LogP contribution in [0.1, 0.15) is 47.0 Å². The standard InChI is InChI=1S/C13H23NO3/c1-5-13(3,4)12(17)14-7-6-9(2)8-10(14)11(15)16/h9-10H,5-8H2,1-4H3,(H,15,16). The first-order chi connectivity index (χ1) is 7.79. The highest BCUT2D eigenvalue weighted by molar-refractivity contribution is 5.87. The van der Waals surface area contributed by atoms with E-state index in [2.05, 4.69) is 0 Å². The molecule has 2 unspecified atom stereocenters. The maximum absolute atomic E-state index is 12.3. The summed E-state index contributed by atoms with van der Waals surface area (Å²) in [5.41, 5.74) is -0.464. The monoisotopic (exact) mass is 241 g/mol. The number of nitrogens with zero attached hydrogens (tertiary/aromatic N) is 1. The van der Waals surface area contributed by atoms with E-state index in [9.17, 15) is 14.7 Å². The molecule has 0 saturated carbocycles. The van der Waals surface area contributed by atoms with Crippen molar-refractivity contribution in [2.45, 2.75) is 53.0 Å². The second-order valence-electron chi connectivity index (χ2n) is 5.72. The number of hydrogen-bond acceptors (Lipinski definition) is 2. The van der Waals surface area contributed by atoms with Crippen LogP contribution in [-0.4, -0.2) is 34.5 Å². The molecule has 0 aliphatic carbocycles. The number of amides is 1. The van der Waals surface area contributed by atoms with Gasteiger partial charge in [0.1, 0.15) is 6.04 Å². The van der Waals surface area contributed by atoms with Crippen molar-refractivity contribution < 1.29 is 14.7 Å². The van der Waals surface area contributed by atoms with Crippen LogP contribution >= 0.6 is 0 Å². The van der Waals surface area contributed by atoms with Crippen molar-refractivity contribution in [1.29, 1.82) is 0 Å². The van der Waals surface area contributed by atoms with E-state index in [0.29, 0.717) is 18.9 Å². The Bertz CT molecular complexity index is 312. The van der Waals surface area contributed by atoms with Crippen molar-refractivity contribution in [3.8, 4) is 0 Å². The fraction of sp³-hybridized carbons (Fsp3) is 0.846. The van der Waals surface area contributed by atoms with Crippen LogP contribution in [0.4, 0.5) is 0 Å². The number of likely N-dealkylation sites (tertiary alicyclic amines) is 1. The number of carbonyl (C=O) groups is 2. The molecule has 1 amide bonds. The highest BCUT2D eigenvalue weighted by atomic mass is 16.4. The number of carboxylic acids is 1. The molecule has 4 nitrogen and oxygen atoms in total. The average molecular weight is 241 g/mol. The van der Waals surface area contributed by atoms with Gasteiger partial charge in [-0.05, 0) is 25.2 Å². The first-order valence-electron chi connectivity index (χ1n) is 6.33. The van der Waals surface area contributed by atoms with Gasteiger partial charge in [0.15, 0.2) is 0 Å². The van der Waals surface area contributed by atoms with Crippen molar-refractivity contribution in [2.75, 3.05) is 6.54 Å². The van der Waals surface area contributed by atoms with Gasteiger partial charge in [-0.3, -0.25) is 4.79 Å². The van der Waals surface area contributed by atoms with Crippen LogP contribution in [0.5, 0.6) is 0 Å². The predicted molar refractivity (Wildman–Crippen MR) is 65.6 cm³/mol. The van der Waals surface area contributed by atoms with Crippen molar-refractivity contribution in [3.63, 3.8) is 0 Å². The van der Waals surface area contributed by atoms with Crippen molar-refractivity contribution in [2.24, 2.45) is 11.3 Å². The topological polar surface area (TPSA) is 57.6 Å². The minimum Gasteiger partial charge on any atom is -0.480 e. The minimum absolute atomic E-state index is 0.0284. The van der Waals surface area contributed by atoms with E-state index in [0.717, 1.165) is 12.8 Å². The van der Waals surface area contributed by atoms with E-state index >= 15 is 0 Å². The van der Waals surface area contributed by atoms with Crippen LogP contribution < -0.4 is 0 Å². The van der Waals surface area contributed by atoms with Crippen LogP contribution in [0.2, 0.25) is 0 Å². The molecule has 1 heterocycles. The van der Waals surface area contributed by atoms with Gasteiger partial charge in [-0.1, -0.05) is 27.7 Å². The first-order valence-corrected chi connectivity index (χ1v) is 6.33. The summed E-state index contributed by atoms with van der Waals surface area (Å²) >= 11 is 0. The molecule has 17 heavy (non-hydrogen) atoms. The second kappa shape index (κ2) is 5.07. The smallest absolute Gasteiger partial charge is 0.326 e. The third kappa shape index (κ3) is 2.99. The molecule has 0 bridgehead atoms. The van der Waals surface area contributed by atoms with Crippen LogP contribution in [0.25, 0.3) is 0 Å². The molecular formula is C13H23NO3. The zero-order valence-corrected chi connectivity index (χ0v) is 11.2. The highest BCUT2D eigenvalue weighted by Crippen LogP contribution is 2.29. The van der Waals surface area contributed by atoms with Gasteiger partial charge in [-0.2, -0.15) is 0 Å². The van der Waals surface area contributed by atoms with Gasteiger partial charge in [-0.15, -0.1) is 0 Å². The third-order valence-corrected chi connectivity index (χ3v) is 3.87. The molecule has 1 aliphatic rings. The third-order valence-electron chi connectivity index (χ3n) is 3.87. The maximum atomic E-state index is 12.3. The normalized spacial score (nSPS) is 25.8. The zero-order chi connectivity index (χ0) is 13.2. The lowest BCUT2D eigenvalue weighted by Crippen LogP contribution is -2.53. The van der Waals surface area contributed by atoms with E-state index < -0.39 is 17.4 Å². The number of carboxylic acid groups (broad SMARTS) is 1. The number of aliphatic carboxylic acids is 1. The summed E-state index contributed by atoms with van der Waals surface area (Å²) < 4.78 is 0. The van der Waals surface area contributed by atoms with Crippen molar-refractivity contribution in [3.05, 3.63) is 0 Å². The van der Waals surface area contributed by atoms with Gasteiger partial charge < -0.3 is 10.0 Å². The van der Waals surface area contributed by atoms with Crippen LogP contribution in [0.15, 0.2) is 0 Å². The SMILES string of the molecule is CCC(C)(C)C(=O)N1CCC(C)CC1C(=O)O. The van der Waals surface area contributed by atoms with Gasteiger partial charge in [0.25, 0.3) is 0 Å². The van der Waals surface area contributed by atoms with E-state index in [1.54, 1.807) is 4.90 Å². The van der Waals surface area contributed by atoms with E-state index in [4.69, 9.17) is 0 Å². The number of carbonyl (C=O) groups excluding carboxylic acids is 1. The molecular weight excluding hydrogens is 218 g/mol. The van der Waals surface area contributed by atoms with Crippen LogP contribution in [-0.2, 0) is 9.59 Å². The highest BCUT2D eigenvalue weighted by Gasteiger charge is 2.39. The van der Waals surface area contributed by atoms with E-state index in [1.807, 2.05) is 27.7 Å². The summed E-state index contributed by atoms with van der Waals surface area (Å²) in [6.45, 7) is 8.34. The molecule has 1 saturated heterocycles. The zero-order valence-electron chi connectivity index (χ0n) is 11.2. The summed E-state index contributed by atoms with van der Waals surface area (Å²) in [6.07, 6.45) is 2.19. The molecule has 1 rings (SSSR count). The van der Waals surface area contributed by atoms with Gasteiger partial charge in [0, 0.05) is 12.0 Å². The van der Waals surface area contributed by atoms with Crippen molar-refractivity contribution >= 4 is 11.9 Å². The summed E-state index contributed by atoms with van der Waals surface area (Å²) in [7, 11) is 0. The number of hydrogen-bond donors (Lipinski definition) is 1. The lowest BCUT2D eigenvalue weighted by atomic mass is 9.85. The summed E-state index contributed by atoms with van der Waals surface area (Å²) in [6, 6.07) is -0.642. The Morgan fingerprint density at radius 1 is 1.41 bits per heavy atom. The molecule has 4 heteroatoms. The summed E-state index contributed by atoms with van der Waals surface area (Å²) in [5.74, 6) is -0.527. The fourth-order valence-electron chi connectivity index (χ4n) is 2.16. The summed E-state index contributed by atoms with van der Waals surface area (Å²) in [5, 5.41) is 9.22. The van der Waals surface area contributed by atoms with Gasteiger partial charge >= 0.3 is 5.97 Å². The van der Waals surface area contributed by atoms with Crippen LogP contribution in [0.3, 0.4) is 0 Å². The summed E-state index contributed by atoms with van der Waals surface area (Å²) in [4.78, 5) is 25.1. The molecule has 0 aromatic heterocycles. The molecule has 1 N–H and O–H groups in total. The number of rotatable bonds is 3. The first kappa shape index (κ1) is 14.0. The van der Waals surface area contributed by atoms with E-state index in [1.165, 1.54) is 0 Å².